The molecular weight excluding hydrogens is 226 g/mol. The minimum Gasteiger partial charge on any atom is -0.465 e. The molecule has 106 valence electrons. The van der Waals surface area contributed by atoms with E-state index in [1.54, 1.807) is 0 Å². The molecule has 0 saturated heterocycles. The van der Waals surface area contributed by atoms with Crippen LogP contribution in [-0.4, -0.2) is 36.6 Å². The average molecular weight is 255 g/mol. The number of rotatable bonds is 5. The molecule has 1 rings (SSSR count). The number of likely N-dealkylation sites (N-methyl/N-ethyl adjacent to an activating group) is 1. The number of hydrogen-bond donors (Lipinski definition) is 0. The van der Waals surface area contributed by atoms with Crippen LogP contribution in [0.5, 0.6) is 0 Å². The lowest BCUT2D eigenvalue weighted by Gasteiger charge is -2.40. The van der Waals surface area contributed by atoms with Crippen LogP contribution in [-0.2, 0) is 9.53 Å². The van der Waals surface area contributed by atoms with Crippen molar-refractivity contribution < 1.29 is 9.53 Å². The van der Waals surface area contributed by atoms with Crippen molar-refractivity contribution in [3.63, 3.8) is 0 Å². The largest absolute Gasteiger partial charge is 0.465 e. The summed E-state index contributed by atoms with van der Waals surface area (Å²) in [5, 5.41) is 0. The zero-order chi connectivity index (χ0) is 13.8. The summed E-state index contributed by atoms with van der Waals surface area (Å²) in [6.45, 7) is 9.08. The highest BCUT2D eigenvalue weighted by Gasteiger charge is 2.33. The summed E-state index contributed by atoms with van der Waals surface area (Å²) < 4.78 is 5.17. The number of carbonyl (C=O) groups is 1. The number of ether oxygens (including phenoxy) is 1. The van der Waals surface area contributed by atoms with Crippen LogP contribution >= 0.6 is 0 Å². The van der Waals surface area contributed by atoms with Gasteiger partial charge < -0.3 is 4.74 Å². The van der Waals surface area contributed by atoms with Gasteiger partial charge in [0.15, 0.2) is 0 Å². The minimum atomic E-state index is -0.0730. The van der Waals surface area contributed by atoms with Crippen LogP contribution in [0.1, 0.15) is 59.8 Å². The summed E-state index contributed by atoms with van der Waals surface area (Å²) in [5.74, 6) is -0.0627. The van der Waals surface area contributed by atoms with Crippen molar-refractivity contribution in [1.29, 1.82) is 0 Å². The number of nitrogens with zero attached hydrogens (tertiary/aromatic N) is 1. The number of esters is 1. The number of carbonyl (C=O) groups excluding carboxylic acids is 1. The van der Waals surface area contributed by atoms with E-state index >= 15 is 0 Å². The first-order valence-electron chi connectivity index (χ1n) is 7.30. The summed E-state index contributed by atoms with van der Waals surface area (Å²) in [4.78, 5) is 14.2. The second-order valence-corrected chi connectivity index (χ2v) is 6.24. The molecular formula is C15H29NO2. The first-order chi connectivity index (χ1) is 8.41. The monoisotopic (exact) mass is 255 g/mol. The van der Waals surface area contributed by atoms with Crippen molar-refractivity contribution in [2.24, 2.45) is 5.41 Å². The van der Waals surface area contributed by atoms with Gasteiger partial charge in [0.05, 0.1) is 6.61 Å². The van der Waals surface area contributed by atoms with Crippen molar-refractivity contribution in [2.75, 3.05) is 13.7 Å². The fourth-order valence-electron chi connectivity index (χ4n) is 2.91. The van der Waals surface area contributed by atoms with Gasteiger partial charge in [-0.25, -0.2) is 0 Å². The number of hydrogen-bond acceptors (Lipinski definition) is 3. The molecule has 1 fully saturated rings. The topological polar surface area (TPSA) is 29.5 Å². The second-order valence-electron chi connectivity index (χ2n) is 6.24. The Hall–Kier alpha value is -0.570. The summed E-state index contributed by atoms with van der Waals surface area (Å²) in [6, 6.07) is 0.462. The Morgan fingerprint density at radius 2 is 1.89 bits per heavy atom. The molecule has 1 aliphatic rings. The van der Waals surface area contributed by atoms with Gasteiger partial charge in [0, 0.05) is 6.04 Å². The third-order valence-corrected chi connectivity index (χ3v) is 4.32. The quantitative estimate of drug-likeness (QED) is 0.706. The average Bonchev–Trinajstić information content (AvgIpc) is 2.30. The second kappa shape index (κ2) is 6.55. The molecule has 0 radical (unpaired) electrons. The van der Waals surface area contributed by atoms with E-state index in [1.807, 2.05) is 6.92 Å². The Bertz CT molecular complexity index is 266. The van der Waals surface area contributed by atoms with Crippen LogP contribution in [0, 0.1) is 5.41 Å². The fourth-order valence-corrected chi connectivity index (χ4v) is 2.91. The van der Waals surface area contributed by atoms with Gasteiger partial charge >= 0.3 is 5.97 Å². The molecule has 1 aliphatic carbocycles. The van der Waals surface area contributed by atoms with E-state index in [9.17, 15) is 4.79 Å². The van der Waals surface area contributed by atoms with Crippen LogP contribution in [0.4, 0.5) is 0 Å². The van der Waals surface area contributed by atoms with Crippen molar-refractivity contribution in [1.82, 2.24) is 4.90 Å². The van der Waals surface area contributed by atoms with Crippen molar-refractivity contribution in [3.05, 3.63) is 0 Å². The van der Waals surface area contributed by atoms with Crippen LogP contribution < -0.4 is 0 Å². The molecule has 3 nitrogen and oxygen atoms in total. The van der Waals surface area contributed by atoms with Gasteiger partial charge in [0.25, 0.3) is 0 Å². The van der Waals surface area contributed by atoms with Gasteiger partial charge in [-0.3, -0.25) is 9.69 Å². The Labute approximate surface area is 112 Å². The molecule has 0 aromatic rings. The Morgan fingerprint density at radius 1 is 1.33 bits per heavy atom. The lowest BCUT2D eigenvalue weighted by molar-refractivity contribution is -0.150. The van der Waals surface area contributed by atoms with E-state index in [0.29, 0.717) is 18.1 Å². The van der Waals surface area contributed by atoms with Crippen LogP contribution in [0.3, 0.4) is 0 Å². The maximum atomic E-state index is 11.9. The van der Waals surface area contributed by atoms with Crippen molar-refractivity contribution >= 4 is 5.97 Å². The first-order valence-corrected chi connectivity index (χ1v) is 7.30. The lowest BCUT2D eigenvalue weighted by atomic mass is 9.75. The molecule has 0 heterocycles. The normalized spacial score (nSPS) is 21.9. The van der Waals surface area contributed by atoms with Crippen molar-refractivity contribution in [3.8, 4) is 0 Å². The fraction of sp³-hybridized carbons (Fsp3) is 0.933. The van der Waals surface area contributed by atoms with Crippen LogP contribution in [0.2, 0.25) is 0 Å². The van der Waals surface area contributed by atoms with Gasteiger partial charge in [-0.05, 0) is 51.5 Å². The van der Waals surface area contributed by atoms with Gasteiger partial charge in [0.2, 0.25) is 0 Å². The highest BCUT2D eigenvalue weighted by molar-refractivity contribution is 5.75. The van der Waals surface area contributed by atoms with E-state index in [4.69, 9.17) is 4.74 Å². The summed E-state index contributed by atoms with van der Waals surface area (Å²) in [7, 11) is 2.08. The van der Waals surface area contributed by atoms with Gasteiger partial charge in [-0.2, -0.15) is 0 Å². The summed E-state index contributed by atoms with van der Waals surface area (Å²) in [5.41, 5.74) is 0.475. The van der Waals surface area contributed by atoms with E-state index in [1.165, 1.54) is 25.7 Å². The summed E-state index contributed by atoms with van der Waals surface area (Å²) in [6.07, 6.45) is 5.72. The smallest absolute Gasteiger partial charge is 0.323 e. The molecule has 0 aromatic carbocycles. The zero-order valence-corrected chi connectivity index (χ0v) is 12.7. The molecule has 0 aromatic heterocycles. The van der Waals surface area contributed by atoms with Gasteiger partial charge in [-0.1, -0.05) is 20.8 Å². The van der Waals surface area contributed by atoms with E-state index < -0.39 is 0 Å². The minimum absolute atomic E-state index is 0.0627. The van der Waals surface area contributed by atoms with Crippen LogP contribution in [0.15, 0.2) is 0 Å². The standard InChI is InChI=1S/C15H29NO2/c1-6-13(14(17)18-7-2)16(5)12-8-10-15(3,4)11-9-12/h12-13H,6-11H2,1-5H3. The summed E-state index contributed by atoms with van der Waals surface area (Å²) >= 11 is 0. The third kappa shape index (κ3) is 3.98. The maximum absolute atomic E-state index is 11.9. The van der Waals surface area contributed by atoms with E-state index in [-0.39, 0.29) is 12.0 Å². The van der Waals surface area contributed by atoms with Crippen LogP contribution in [0.25, 0.3) is 0 Å². The molecule has 1 saturated carbocycles. The highest BCUT2D eigenvalue weighted by atomic mass is 16.5. The molecule has 0 aliphatic heterocycles. The third-order valence-electron chi connectivity index (χ3n) is 4.32. The molecule has 0 N–H and O–H groups in total. The molecule has 1 unspecified atom stereocenters. The Balaban J connectivity index is 2.57. The maximum Gasteiger partial charge on any atom is 0.323 e. The molecule has 0 bridgehead atoms. The Kier molecular flexibility index (Phi) is 5.64. The molecule has 1 atom stereocenters. The lowest BCUT2D eigenvalue weighted by Crippen LogP contribution is -2.47. The molecule has 3 heteroatoms. The Morgan fingerprint density at radius 3 is 2.33 bits per heavy atom. The first kappa shape index (κ1) is 15.5. The van der Waals surface area contributed by atoms with Crippen molar-refractivity contribution in [2.45, 2.75) is 71.9 Å². The van der Waals surface area contributed by atoms with Gasteiger partial charge in [-0.15, -0.1) is 0 Å². The predicted octanol–water partition coefficient (Wildman–Crippen LogP) is 3.23. The molecule has 0 spiro atoms. The van der Waals surface area contributed by atoms with E-state index in [2.05, 4.69) is 32.7 Å². The highest BCUT2D eigenvalue weighted by Crippen LogP contribution is 2.37. The molecule has 18 heavy (non-hydrogen) atoms. The van der Waals surface area contributed by atoms with E-state index in [0.717, 1.165) is 6.42 Å². The predicted molar refractivity (Wildman–Crippen MR) is 74.5 cm³/mol. The van der Waals surface area contributed by atoms with Gasteiger partial charge in [0.1, 0.15) is 6.04 Å². The zero-order valence-electron chi connectivity index (χ0n) is 12.7. The molecule has 0 amide bonds. The SMILES string of the molecule is CCOC(=O)C(CC)N(C)C1CCC(C)(C)CC1.